The smallest absolute Gasteiger partial charge is 0.410 e. The Morgan fingerprint density at radius 3 is 2.32 bits per heavy atom. The zero-order valence-corrected chi connectivity index (χ0v) is 24.7. The largest absolute Gasteiger partial charge is 0.441 e. The van der Waals surface area contributed by atoms with E-state index in [1.165, 1.54) is 53.5 Å². The van der Waals surface area contributed by atoms with E-state index >= 15 is 0 Å². The number of carbonyl (C=O) groups excluding carboxylic acids is 1. The minimum absolute atomic E-state index is 0.0194. The summed E-state index contributed by atoms with van der Waals surface area (Å²) in [7, 11) is -4.16. The molecule has 11 heteroatoms. The lowest BCUT2D eigenvalue weighted by atomic mass is 9.90. The van der Waals surface area contributed by atoms with Gasteiger partial charge in [-0.2, -0.15) is 4.31 Å². The summed E-state index contributed by atoms with van der Waals surface area (Å²) < 4.78 is 64.7. The molecule has 2 saturated carbocycles. The third-order valence-electron chi connectivity index (χ3n) is 9.03. The number of hydrogen-bond acceptors (Lipinski definition) is 5. The van der Waals surface area contributed by atoms with Crippen LogP contribution in [0.3, 0.4) is 0 Å². The molecule has 2 aliphatic heterocycles. The standard InChI is InChI=1S/C30H36ClF2N3O4S/c1-20-18-34(19-21-5-6-21)13-14-35(20)29(37)40-30(11-12-30)28-4-2-3-27(22-15-24(32)17-25(33)16-22)36(28)41(38,39)26-9-7-23(31)8-10-26/h7-10,15-17,20-21,27-28H,2-6,11-14,18-19H2,1H3/t20-,27?,28?/m0/s1. The number of ether oxygens (including phenoxy) is 1. The van der Waals surface area contributed by atoms with Crippen LogP contribution in [0.4, 0.5) is 13.6 Å². The minimum Gasteiger partial charge on any atom is -0.441 e. The van der Waals surface area contributed by atoms with E-state index in [2.05, 4.69) is 4.90 Å². The van der Waals surface area contributed by atoms with Gasteiger partial charge in [-0.3, -0.25) is 4.90 Å². The molecule has 222 valence electrons. The van der Waals surface area contributed by atoms with Crippen LogP contribution in [0.5, 0.6) is 0 Å². The van der Waals surface area contributed by atoms with Gasteiger partial charge in [-0.1, -0.05) is 11.6 Å². The van der Waals surface area contributed by atoms with Crippen molar-refractivity contribution in [3.05, 3.63) is 64.7 Å². The van der Waals surface area contributed by atoms with Crippen molar-refractivity contribution in [2.24, 2.45) is 5.92 Å². The highest BCUT2D eigenvalue weighted by molar-refractivity contribution is 7.89. The quantitative estimate of drug-likeness (QED) is 0.387. The Balaban J connectivity index is 1.29. The maximum Gasteiger partial charge on any atom is 0.410 e. The Kier molecular flexibility index (Phi) is 7.80. The number of rotatable bonds is 7. The van der Waals surface area contributed by atoms with Crippen molar-refractivity contribution >= 4 is 27.7 Å². The van der Waals surface area contributed by atoms with Crippen molar-refractivity contribution in [2.45, 2.75) is 80.5 Å². The molecular formula is C30H36ClF2N3O4S. The van der Waals surface area contributed by atoms with Gasteiger partial charge in [-0.25, -0.2) is 22.0 Å². The Labute approximate surface area is 245 Å². The molecule has 1 amide bonds. The fourth-order valence-electron chi connectivity index (χ4n) is 6.61. The Hall–Kier alpha value is -2.27. The predicted octanol–water partition coefficient (Wildman–Crippen LogP) is 5.99. The third-order valence-corrected chi connectivity index (χ3v) is 11.2. The monoisotopic (exact) mass is 607 g/mol. The van der Waals surface area contributed by atoms with Crippen LogP contribution in [0.2, 0.25) is 5.02 Å². The van der Waals surface area contributed by atoms with E-state index < -0.39 is 45.4 Å². The number of sulfonamides is 1. The predicted molar refractivity (Wildman–Crippen MR) is 151 cm³/mol. The molecule has 0 spiro atoms. The maximum absolute atomic E-state index is 14.3. The summed E-state index contributed by atoms with van der Waals surface area (Å²) in [4.78, 5) is 17.7. The van der Waals surface area contributed by atoms with Crippen molar-refractivity contribution in [3.63, 3.8) is 0 Å². The molecule has 41 heavy (non-hydrogen) atoms. The van der Waals surface area contributed by atoms with Crippen LogP contribution in [0.15, 0.2) is 47.4 Å². The van der Waals surface area contributed by atoms with Gasteiger partial charge in [0, 0.05) is 43.3 Å². The van der Waals surface area contributed by atoms with E-state index in [1.807, 2.05) is 6.92 Å². The van der Waals surface area contributed by atoms with E-state index in [-0.39, 0.29) is 16.5 Å². The molecule has 4 aliphatic rings. The van der Waals surface area contributed by atoms with E-state index in [0.717, 1.165) is 31.6 Å². The molecule has 0 radical (unpaired) electrons. The van der Waals surface area contributed by atoms with Crippen LogP contribution < -0.4 is 0 Å². The number of piperazine rings is 1. The van der Waals surface area contributed by atoms with Gasteiger partial charge >= 0.3 is 6.09 Å². The van der Waals surface area contributed by atoms with Crippen LogP contribution in [0.25, 0.3) is 0 Å². The normalized spacial score (nSPS) is 27.0. The highest BCUT2D eigenvalue weighted by Gasteiger charge is 2.60. The second kappa shape index (κ2) is 11.1. The Morgan fingerprint density at radius 2 is 1.71 bits per heavy atom. The van der Waals surface area contributed by atoms with Crippen molar-refractivity contribution in [1.82, 2.24) is 14.1 Å². The Morgan fingerprint density at radius 1 is 1.02 bits per heavy atom. The summed E-state index contributed by atoms with van der Waals surface area (Å²) in [5.74, 6) is -0.767. The summed E-state index contributed by atoms with van der Waals surface area (Å²) in [5, 5.41) is 0.391. The SMILES string of the molecule is C[C@H]1CN(CC2CC2)CCN1C(=O)OC1(C2CCCC(c3cc(F)cc(F)c3)N2S(=O)(=O)c2ccc(Cl)cc2)CC1. The van der Waals surface area contributed by atoms with Gasteiger partial charge < -0.3 is 9.64 Å². The molecule has 6 rings (SSSR count). The molecule has 0 N–H and O–H groups in total. The fraction of sp³-hybridized carbons (Fsp3) is 0.567. The summed E-state index contributed by atoms with van der Waals surface area (Å²) in [6.07, 6.45) is 4.65. The van der Waals surface area contributed by atoms with Crippen LogP contribution in [0, 0.1) is 17.6 Å². The number of nitrogens with zero attached hydrogens (tertiary/aromatic N) is 3. The van der Waals surface area contributed by atoms with Gasteiger partial charge in [-0.05, 0) is 99.7 Å². The molecule has 2 aromatic carbocycles. The molecule has 0 aromatic heterocycles. The summed E-state index contributed by atoms with van der Waals surface area (Å²) in [6, 6.07) is 7.50. The van der Waals surface area contributed by atoms with Gasteiger partial charge in [0.2, 0.25) is 10.0 Å². The molecule has 2 heterocycles. The lowest BCUT2D eigenvalue weighted by Crippen LogP contribution is -2.57. The number of halogens is 3. The summed E-state index contributed by atoms with van der Waals surface area (Å²) in [6.45, 7) is 5.22. The average Bonchev–Trinajstić information content (AvgIpc) is 3.86. The first-order chi connectivity index (χ1) is 19.6. The molecule has 0 bridgehead atoms. The number of amides is 1. The molecular weight excluding hydrogens is 572 g/mol. The van der Waals surface area contributed by atoms with Gasteiger partial charge in [0.1, 0.15) is 17.2 Å². The maximum atomic E-state index is 14.3. The molecule has 2 aromatic rings. The number of piperidine rings is 1. The van der Waals surface area contributed by atoms with E-state index in [4.69, 9.17) is 16.3 Å². The first-order valence-corrected chi connectivity index (χ1v) is 16.3. The summed E-state index contributed by atoms with van der Waals surface area (Å²) in [5.41, 5.74) is -0.751. The molecule has 7 nitrogen and oxygen atoms in total. The second-order valence-electron chi connectivity index (χ2n) is 12.1. The molecule has 2 aliphatic carbocycles. The number of hydrogen-bond donors (Lipinski definition) is 0. The molecule has 3 atom stereocenters. The zero-order valence-electron chi connectivity index (χ0n) is 23.1. The molecule has 4 fully saturated rings. The van der Waals surface area contributed by atoms with Crippen LogP contribution in [0.1, 0.15) is 63.5 Å². The van der Waals surface area contributed by atoms with Gasteiger partial charge in [0.05, 0.1) is 17.0 Å². The van der Waals surface area contributed by atoms with Gasteiger partial charge in [-0.15, -0.1) is 0 Å². The minimum atomic E-state index is -4.16. The summed E-state index contributed by atoms with van der Waals surface area (Å²) >= 11 is 6.04. The molecule has 2 unspecified atom stereocenters. The van der Waals surface area contributed by atoms with Crippen molar-refractivity contribution < 1.29 is 26.7 Å². The highest BCUT2D eigenvalue weighted by atomic mass is 35.5. The van der Waals surface area contributed by atoms with Crippen molar-refractivity contribution in [3.8, 4) is 0 Å². The van der Waals surface area contributed by atoms with Crippen LogP contribution in [-0.2, 0) is 14.8 Å². The van der Waals surface area contributed by atoms with Crippen molar-refractivity contribution in [1.29, 1.82) is 0 Å². The highest BCUT2D eigenvalue weighted by Crippen LogP contribution is 2.53. The second-order valence-corrected chi connectivity index (χ2v) is 14.4. The van der Waals surface area contributed by atoms with E-state index in [1.54, 1.807) is 4.90 Å². The lowest BCUT2D eigenvalue weighted by Gasteiger charge is -2.45. The Bertz CT molecular complexity index is 1380. The first-order valence-electron chi connectivity index (χ1n) is 14.5. The van der Waals surface area contributed by atoms with Crippen LogP contribution >= 0.6 is 11.6 Å². The first kappa shape index (κ1) is 28.8. The zero-order chi connectivity index (χ0) is 28.9. The third kappa shape index (κ3) is 5.98. The number of carbonyl (C=O) groups is 1. The molecule has 2 saturated heterocycles. The lowest BCUT2D eigenvalue weighted by molar-refractivity contribution is -0.0220. The number of benzene rings is 2. The van der Waals surface area contributed by atoms with Gasteiger partial charge in [0.25, 0.3) is 0 Å². The van der Waals surface area contributed by atoms with Crippen molar-refractivity contribution in [2.75, 3.05) is 26.2 Å². The van der Waals surface area contributed by atoms with E-state index in [9.17, 15) is 22.0 Å². The van der Waals surface area contributed by atoms with Crippen LogP contribution in [-0.4, -0.2) is 72.5 Å². The fourth-order valence-corrected chi connectivity index (χ4v) is 8.65. The van der Waals surface area contributed by atoms with Gasteiger partial charge in [0.15, 0.2) is 0 Å². The average molecular weight is 608 g/mol. The topological polar surface area (TPSA) is 70.2 Å². The van der Waals surface area contributed by atoms with E-state index in [0.29, 0.717) is 43.7 Å².